The minimum absolute atomic E-state index is 0.0867. The van der Waals surface area contributed by atoms with Crippen molar-refractivity contribution in [1.82, 2.24) is 0 Å². The Morgan fingerprint density at radius 1 is 1.21 bits per heavy atom. The van der Waals surface area contributed by atoms with Gasteiger partial charge in [-0.2, -0.15) is 0 Å². The molecule has 0 radical (unpaired) electrons. The van der Waals surface area contributed by atoms with Crippen molar-refractivity contribution in [2.75, 3.05) is 6.61 Å². The maximum atomic E-state index is 16.9. The highest BCUT2D eigenvalue weighted by Gasteiger charge is 2.77. The highest BCUT2D eigenvalue weighted by molar-refractivity contribution is 7.46. The van der Waals surface area contributed by atoms with E-state index >= 15 is 8.78 Å². The van der Waals surface area contributed by atoms with Gasteiger partial charge in [0.05, 0.1) is 12.2 Å². The van der Waals surface area contributed by atoms with Crippen molar-refractivity contribution in [3.8, 4) is 0 Å². The van der Waals surface area contributed by atoms with Crippen LogP contribution >= 0.6 is 7.82 Å². The lowest BCUT2D eigenvalue weighted by molar-refractivity contribution is -0.226. The molecule has 4 aliphatic rings. The van der Waals surface area contributed by atoms with Crippen LogP contribution in [0.15, 0.2) is 23.8 Å². The largest absolute Gasteiger partial charge is 0.470 e. The summed E-state index contributed by atoms with van der Waals surface area (Å²) in [6.45, 7) is 1.54. The second kappa shape index (κ2) is 7.34. The fourth-order valence-electron chi connectivity index (χ4n) is 6.97. The number of carbonyl (C=O) groups is 2. The van der Waals surface area contributed by atoms with Crippen LogP contribution in [-0.4, -0.2) is 72.9 Å². The standard InChI is InChI=1S/C21H27F2O9P/c1-18-4-3-10(24)5-13(18)14(22)6-12-11-7-15(25)21(28,17(27)9-32-33(29,30)31)19(11,2)8-16(26)20(12,18)23/h3-5,11-12,14-16,25-26,28H,6-9H2,1-2H3,(H2,29,30,31)/t11?,12?,14-,15?,16?,18?,19?,20-,21?/m0/s1. The van der Waals surface area contributed by atoms with Gasteiger partial charge < -0.3 is 25.1 Å². The first-order valence-corrected chi connectivity index (χ1v) is 12.2. The third kappa shape index (κ3) is 3.14. The number of hydrogen-bond acceptors (Lipinski definition) is 7. The maximum Gasteiger partial charge on any atom is 0.470 e. The number of alkyl halides is 2. The lowest BCUT2D eigenvalue weighted by atomic mass is 9.44. The van der Waals surface area contributed by atoms with E-state index in [9.17, 15) is 29.5 Å². The van der Waals surface area contributed by atoms with Gasteiger partial charge >= 0.3 is 7.82 Å². The van der Waals surface area contributed by atoms with Crippen molar-refractivity contribution in [3.63, 3.8) is 0 Å². The summed E-state index contributed by atoms with van der Waals surface area (Å²) in [6.07, 6.45) is -3.15. The molecule has 0 bridgehead atoms. The molecular weight excluding hydrogens is 465 g/mol. The molecule has 9 atom stereocenters. The number of rotatable bonds is 4. The molecule has 0 aromatic heterocycles. The van der Waals surface area contributed by atoms with Crippen LogP contribution in [0.25, 0.3) is 0 Å². The van der Waals surface area contributed by atoms with Crippen LogP contribution in [0.3, 0.4) is 0 Å². The van der Waals surface area contributed by atoms with Gasteiger partial charge in [-0.25, -0.2) is 13.3 Å². The monoisotopic (exact) mass is 492 g/mol. The molecule has 0 heterocycles. The fraction of sp³-hybridized carbons (Fsp3) is 0.714. The van der Waals surface area contributed by atoms with E-state index in [-0.39, 0.29) is 12.0 Å². The molecular formula is C21H27F2O9P. The summed E-state index contributed by atoms with van der Waals surface area (Å²) in [7, 11) is -5.07. The van der Waals surface area contributed by atoms with Gasteiger partial charge in [-0.1, -0.05) is 13.0 Å². The van der Waals surface area contributed by atoms with Crippen LogP contribution in [-0.2, 0) is 18.7 Å². The molecule has 9 nitrogen and oxygen atoms in total. The predicted molar refractivity (Wildman–Crippen MR) is 108 cm³/mol. The lowest BCUT2D eigenvalue weighted by Gasteiger charge is -2.62. The Balaban J connectivity index is 1.77. The molecule has 0 saturated heterocycles. The normalized spacial score (nSPS) is 49.2. The van der Waals surface area contributed by atoms with Crippen LogP contribution < -0.4 is 0 Å². The van der Waals surface area contributed by atoms with E-state index in [1.165, 1.54) is 19.9 Å². The molecule has 0 spiro atoms. The quantitative estimate of drug-likeness (QED) is 0.356. The summed E-state index contributed by atoms with van der Waals surface area (Å²) in [6, 6.07) is 0. The Morgan fingerprint density at radius 3 is 2.45 bits per heavy atom. The van der Waals surface area contributed by atoms with Gasteiger partial charge in [-0.05, 0) is 49.8 Å². The number of hydrogen-bond donors (Lipinski definition) is 5. The van der Waals surface area contributed by atoms with Crippen molar-refractivity contribution in [2.45, 2.75) is 62.8 Å². The number of ketones is 2. The zero-order chi connectivity index (χ0) is 24.8. The average molecular weight is 492 g/mol. The lowest BCUT2D eigenvalue weighted by Crippen LogP contribution is -2.70. The summed E-state index contributed by atoms with van der Waals surface area (Å²) >= 11 is 0. The Kier molecular flexibility index (Phi) is 5.51. The van der Waals surface area contributed by atoms with Crippen molar-refractivity contribution < 1.29 is 52.6 Å². The Hall–Kier alpha value is -1.33. The number of Topliss-reactive ketones (excluding diaryl/α,β-unsaturated/α-hetero) is 1. The first-order chi connectivity index (χ1) is 15.0. The minimum atomic E-state index is -5.07. The molecule has 0 aliphatic heterocycles. The van der Waals surface area contributed by atoms with Gasteiger partial charge in [-0.15, -0.1) is 0 Å². The van der Waals surface area contributed by atoms with E-state index in [0.717, 1.165) is 12.2 Å². The molecule has 4 rings (SSSR count). The van der Waals surface area contributed by atoms with E-state index in [0.29, 0.717) is 0 Å². The summed E-state index contributed by atoms with van der Waals surface area (Å²) < 4.78 is 47.4. The van der Waals surface area contributed by atoms with Gasteiger partial charge in [0, 0.05) is 16.7 Å². The van der Waals surface area contributed by atoms with E-state index in [1.54, 1.807) is 0 Å². The van der Waals surface area contributed by atoms with Crippen LogP contribution in [0.5, 0.6) is 0 Å². The molecule has 3 fully saturated rings. The molecule has 7 unspecified atom stereocenters. The van der Waals surface area contributed by atoms with Crippen LogP contribution in [0.1, 0.15) is 33.1 Å². The third-order valence-corrected chi connectivity index (χ3v) is 9.10. The second-order valence-corrected chi connectivity index (χ2v) is 11.3. The van der Waals surface area contributed by atoms with Gasteiger partial charge in [0.2, 0.25) is 0 Å². The van der Waals surface area contributed by atoms with E-state index in [1.807, 2.05) is 0 Å². The minimum Gasteiger partial charge on any atom is -0.390 e. The highest BCUT2D eigenvalue weighted by Crippen LogP contribution is 2.70. The Bertz CT molecular complexity index is 1010. The molecule has 0 amide bonds. The predicted octanol–water partition coefficient (Wildman–Crippen LogP) is 0.685. The first kappa shape index (κ1) is 24.8. The van der Waals surface area contributed by atoms with E-state index in [4.69, 9.17) is 9.79 Å². The number of aliphatic hydroxyl groups excluding tert-OH is 2. The number of aliphatic hydroxyl groups is 3. The summed E-state index contributed by atoms with van der Waals surface area (Å²) in [5, 5.41) is 33.1. The van der Waals surface area contributed by atoms with Crippen LogP contribution in [0.4, 0.5) is 8.78 Å². The molecule has 4 aliphatic carbocycles. The Labute approximate surface area is 188 Å². The zero-order valence-corrected chi connectivity index (χ0v) is 18.9. The number of allylic oxidation sites excluding steroid dienone is 4. The Morgan fingerprint density at radius 2 is 1.85 bits per heavy atom. The number of phosphoric ester groups is 1. The summed E-state index contributed by atoms with van der Waals surface area (Å²) in [4.78, 5) is 42.5. The molecule has 3 saturated carbocycles. The van der Waals surface area contributed by atoms with Crippen molar-refractivity contribution in [2.24, 2.45) is 22.7 Å². The molecule has 0 aromatic rings. The van der Waals surface area contributed by atoms with Crippen LogP contribution in [0, 0.1) is 22.7 Å². The number of carbonyl (C=O) groups excluding carboxylic acids is 2. The second-order valence-electron chi connectivity index (χ2n) is 10.1. The van der Waals surface area contributed by atoms with E-state index < -0.39 is 91.2 Å². The van der Waals surface area contributed by atoms with Gasteiger partial charge in [0.15, 0.2) is 22.8 Å². The smallest absolute Gasteiger partial charge is 0.390 e. The SMILES string of the molecule is CC12CC(O)[C@@]3(F)C(C[C@H](F)C4=CC(=O)C=CC43C)C1CC(O)C2(O)C(=O)COP(=O)(O)O. The topological polar surface area (TPSA) is 162 Å². The number of fused-ring (bicyclic) bond motifs is 5. The average Bonchev–Trinajstić information content (AvgIpc) is 2.91. The van der Waals surface area contributed by atoms with Crippen molar-refractivity contribution >= 4 is 19.4 Å². The third-order valence-electron chi connectivity index (χ3n) is 8.64. The number of phosphoric acid groups is 1. The van der Waals surface area contributed by atoms with Crippen LogP contribution in [0.2, 0.25) is 0 Å². The summed E-state index contributed by atoms with van der Waals surface area (Å²) in [5.41, 5.74) is -8.47. The molecule has 12 heteroatoms. The number of halogens is 2. The zero-order valence-electron chi connectivity index (χ0n) is 18.0. The van der Waals surface area contributed by atoms with Gasteiger partial charge in [0.25, 0.3) is 0 Å². The summed E-state index contributed by atoms with van der Waals surface area (Å²) in [5.74, 6) is -3.93. The molecule has 33 heavy (non-hydrogen) atoms. The molecule has 184 valence electrons. The highest BCUT2D eigenvalue weighted by atomic mass is 31.2. The molecule has 0 aromatic carbocycles. The molecule has 5 N–H and O–H groups in total. The first-order valence-electron chi connectivity index (χ1n) is 10.6. The van der Waals surface area contributed by atoms with E-state index in [2.05, 4.69) is 4.52 Å². The maximum absolute atomic E-state index is 16.9. The fourth-order valence-corrected chi connectivity index (χ4v) is 7.26. The van der Waals surface area contributed by atoms with Crippen molar-refractivity contribution in [3.05, 3.63) is 23.8 Å². The van der Waals surface area contributed by atoms with Crippen molar-refractivity contribution in [1.29, 1.82) is 0 Å². The van der Waals surface area contributed by atoms with Gasteiger partial charge in [0.1, 0.15) is 12.8 Å². The van der Waals surface area contributed by atoms with Gasteiger partial charge in [-0.3, -0.25) is 14.1 Å².